The molecule has 0 radical (unpaired) electrons. The number of halogens is 1. The summed E-state index contributed by atoms with van der Waals surface area (Å²) < 4.78 is 5.36. The van der Waals surface area contributed by atoms with Crippen LogP contribution in [0, 0.1) is 0 Å². The van der Waals surface area contributed by atoms with Gasteiger partial charge in [0, 0.05) is 35.0 Å². The topological polar surface area (TPSA) is 63.2 Å². The summed E-state index contributed by atoms with van der Waals surface area (Å²) in [5.41, 5.74) is 3.80. The Morgan fingerprint density at radius 3 is 2.67 bits per heavy atom. The van der Waals surface area contributed by atoms with E-state index in [9.17, 15) is 4.79 Å². The van der Waals surface area contributed by atoms with E-state index in [0.29, 0.717) is 17.3 Å². The quantitative estimate of drug-likeness (QED) is 0.426. The highest BCUT2D eigenvalue weighted by atomic mass is 35.5. The lowest BCUT2D eigenvalue weighted by Gasteiger charge is -2.13. The molecule has 0 saturated heterocycles. The Morgan fingerprint density at radius 2 is 1.87 bits per heavy atom. The SMILES string of the molecule is COc1cccc(-c2ccc(CNC(=O)Nc3ccc(Cl)cc3)c3cnccc23)c1. The van der Waals surface area contributed by atoms with Gasteiger partial charge in [0.25, 0.3) is 0 Å². The summed E-state index contributed by atoms with van der Waals surface area (Å²) in [5.74, 6) is 0.805. The summed E-state index contributed by atoms with van der Waals surface area (Å²) in [6.07, 6.45) is 3.60. The molecule has 30 heavy (non-hydrogen) atoms. The first-order valence-electron chi connectivity index (χ1n) is 9.44. The largest absolute Gasteiger partial charge is 0.497 e. The number of amides is 2. The number of pyridine rings is 1. The van der Waals surface area contributed by atoms with Crippen molar-refractivity contribution in [2.45, 2.75) is 6.54 Å². The van der Waals surface area contributed by atoms with Crippen LogP contribution in [0.15, 0.2) is 79.1 Å². The molecule has 0 spiro atoms. The number of fused-ring (bicyclic) bond motifs is 1. The Bertz CT molecular complexity index is 1190. The number of hydrogen-bond donors (Lipinski definition) is 2. The standard InChI is InChI=1S/C24H20ClN3O2/c1-30-20-4-2-3-16(13-20)21-10-5-17(23-15-26-12-11-22(21)23)14-27-24(29)28-19-8-6-18(25)7-9-19/h2-13,15H,14H2,1H3,(H2,27,28,29). The van der Waals surface area contributed by atoms with E-state index in [1.165, 1.54) is 0 Å². The molecular weight excluding hydrogens is 398 g/mol. The molecule has 0 saturated carbocycles. The van der Waals surface area contributed by atoms with Gasteiger partial charge in [-0.25, -0.2) is 4.79 Å². The maximum atomic E-state index is 12.3. The molecule has 0 unspecified atom stereocenters. The smallest absolute Gasteiger partial charge is 0.319 e. The van der Waals surface area contributed by atoms with Crippen molar-refractivity contribution in [3.05, 3.63) is 89.7 Å². The molecular formula is C24H20ClN3O2. The summed E-state index contributed by atoms with van der Waals surface area (Å²) in [5, 5.41) is 8.38. The van der Waals surface area contributed by atoms with Crippen LogP contribution in [-0.2, 0) is 6.54 Å². The number of rotatable bonds is 5. The lowest BCUT2D eigenvalue weighted by Crippen LogP contribution is -2.28. The number of methoxy groups -OCH3 is 1. The molecule has 2 N–H and O–H groups in total. The zero-order valence-corrected chi connectivity index (χ0v) is 17.1. The lowest BCUT2D eigenvalue weighted by atomic mass is 9.96. The predicted molar refractivity (Wildman–Crippen MR) is 121 cm³/mol. The van der Waals surface area contributed by atoms with Crippen LogP contribution in [0.2, 0.25) is 5.02 Å². The van der Waals surface area contributed by atoms with E-state index in [-0.39, 0.29) is 6.03 Å². The van der Waals surface area contributed by atoms with Gasteiger partial charge in [-0.3, -0.25) is 4.98 Å². The molecule has 1 aromatic heterocycles. The predicted octanol–water partition coefficient (Wildman–Crippen LogP) is 5.89. The van der Waals surface area contributed by atoms with Crippen molar-refractivity contribution in [3.63, 3.8) is 0 Å². The molecule has 0 aliphatic heterocycles. The van der Waals surface area contributed by atoms with Crippen molar-refractivity contribution >= 4 is 34.1 Å². The van der Waals surface area contributed by atoms with Gasteiger partial charge in [0.15, 0.2) is 0 Å². The molecule has 5 nitrogen and oxygen atoms in total. The second-order valence-electron chi connectivity index (χ2n) is 6.74. The Balaban J connectivity index is 1.56. The van der Waals surface area contributed by atoms with Gasteiger partial charge in [-0.15, -0.1) is 0 Å². The van der Waals surface area contributed by atoms with Gasteiger partial charge in [-0.1, -0.05) is 35.9 Å². The third-order valence-electron chi connectivity index (χ3n) is 4.83. The Labute approximate surface area is 179 Å². The highest BCUT2D eigenvalue weighted by Crippen LogP contribution is 2.32. The van der Waals surface area contributed by atoms with Gasteiger partial charge in [-0.2, -0.15) is 0 Å². The van der Waals surface area contributed by atoms with Crippen LogP contribution in [0.5, 0.6) is 5.75 Å². The van der Waals surface area contributed by atoms with Crippen molar-refractivity contribution in [1.29, 1.82) is 0 Å². The number of benzene rings is 3. The molecule has 150 valence electrons. The summed E-state index contributed by atoms with van der Waals surface area (Å²) in [6.45, 7) is 0.375. The summed E-state index contributed by atoms with van der Waals surface area (Å²) in [6, 6.07) is 20.7. The first-order chi connectivity index (χ1) is 14.6. The minimum absolute atomic E-state index is 0.286. The van der Waals surface area contributed by atoms with E-state index < -0.39 is 0 Å². The van der Waals surface area contributed by atoms with Gasteiger partial charge in [0.05, 0.1) is 7.11 Å². The summed E-state index contributed by atoms with van der Waals surface area (Å²) in [4.78, 5) is 16.6. The molecule has 0 atom stereocenters. The number of nitrogens with one attached hydrogen (secondary N) is 2. The molecule has 1 heterocycles. The molecule has 0 bridgehead atoms. The molecule has 3 aromatic carbocycles. The molecule has 0 fully saturated rings. The van der Waals surface area contributed by atoms with E-state index in [1.807, 2.05) is 36.5 Å². The van der Waals surface area contributed by atoms with E-state index in [4.69, 9.17) is 16.3 Å². The van der Waals surface area contributed by atoms with E-state index in [0.717, 1.165) is 33.2 Å². The Kier molecular flexibility index (Phi) is 5.82. The first-order valence-corrected chi connectivity index (χ1v) is 9.82. The van der Waals surface area contributed by atoms with E-state index >= 15 is 0 Å². The third kappa shape index (κ3) is 4.36. The second kappa shape index (κ2) is 8.84. The molecule has 2 amide bonds. The van der Waals surface area contributed by atoms with Gasteiger partial charge >= 0.3 is 6.03 Å². The average molecular weight is 418 g/mol. The minimum atomic E-state index is -0.286. The number of aromatic nitrogens is 1. The van der Waals surface area contributed by atoms with Crippen molar-refractivity contribution in [2.24, 2.45) is 0 Å². The third-order valence-corrected chi connectivity index (χ3v) is 5.08. The summed E-state index contributed by atoms with van der Waals surface area (Å²) in [7, 11) is 1.66. The minimum Gasteiger partial charge on any atom is -0.497 e. The van der Waals surface area contributed by atoms with Crippen LogP contribution in [0.1, 0.15) is 5.56 Å². The van der Waals surface area contributed by atoms with E-state index in [2.05, 4.69) is 27.8 Å². The van der Waals surface area contributed by atoms with Crippen LogP contribution in [-0.4, -0.2) is 18.1 Å². The van der Waals surface area contributed by atoms with Crippen LogP contribution in [0.25, 0.3) is 21.9 Å². The highest BCUT2D eigenvalue weighted by Gasteiger charge is 2.10. The Morgan fingerprint density at radius 1 is 1.03 bits per heavy atom. The normalized spacial score (nSPS) is 10.6. The van der Waals surface area contributed by atoms with Gasteiger partial charge in [0.2, 0.25) is 0 Å². The fourth-order valence-electron chi connectivity index (χ4n) is 3.33. The molecule has 4 rings (SSSR count). The maximum absolute atomic E-state index is 12.3. The van der Waals surface area contributed by atoms with Crippen molar-refractivity contribution in [3.8, 4) is 16.9 Å². The number of anilines is 1. The van der Waals surface area contributed by atoms with Gasteiger partial charge in [-0.05, 0) is 64.5 Å². The zero-order valence-electron chi connectivity index (χ0n) is 16.4. The monoisotopic (exact) mass is 417 g/mol. The van der Waals surface area contributed by atoms with Gasteiger partial charge < -0.3 is 15.4 Å². The van der Waals surface area contributed by atoms with Gasteiger partial charge in [0.1, 0.15) is 5.75 Å². The molecule has 4 aromatic rings. The number of carbonyl (C=O) groups is 1. The van der Waals surface area contributed by atoms with Crippen molar-refractivity contribution < 1.29 is 9.53 Å². The lowest BCUT2D eigenvalue weighted by molar-refractivity contribution is 0.252. The first kappa shape index (κ1) is 19.7. The number of carbonyl (C=O) groups excluding carboxylic acids is 1. The van der Waals surface area contributed by atoms with Crippen molar-refractivity contribution in [2.75, 3.05) is 12.4 Å². The average Bonchev–Trinajstić information content (AvgIpc) is 2.79. The van der Waals surface area contributed by atoms with Crippen LogP contribution in [0.4, 0.5) is 10.5 Å². The number of ether oxygens (including phenoxy) is 1. The second-order valence-corrected chi connectivity index (χ2v) is 7.18. The highest BCUT2D eigenvalue weighted by molar-refractivity contribution is 6.30. The molecule has 6 heteroatoms. The fourth-order valence-corrected chi connectivity index (χ4v) is 3.46. The fraction of sp³-hybridized carbons (Fsp3) is 0.0833. The summed E-state index contributed by atoms with van der Waals surface area (Å²) >= 11 is 5.88. The van der Waals surface area contributed by atoms with E-state index in [1.54, 1.807) is 37.6 Å². The number of urea groups is 1. The van der Waals surface area contributed by atoms with Crippen LogP contribution in [0.3, 0.4) is 0 Å². The zero-order chi connectivity index (χ0) is 20.9. The maximum Gasteiger partial charge on any atom is 0.319 e. The van der Waals surface area contributed by atoms with Crippen LogP contribution < -0.4 is 15.4 Å². The van der Waals surface area contributed by atoms with Crippen molar-refractivity contribution in [1.82, 2.24) is 10.3 Å². The molecule has 0 aliphatic rings. The van der Waals surface area contributed by atoms with Crippen LogP contribution >= 0.6 is 11.6 Å². The number of hydrogen-bond acceptors (Lipinski definition) is 3. The molecule has 0 aliphatic carbocycles. The Hall–Kier alpha value is -3.57. The number of nitrogens with zero attached hydrogens (tertiary/aromatic N) is 1.